The number of para-hydroxylation sites is 1. The largest absolute Gasteiger partial charge is 0.495 e. The minimum absolute atomic E-state index is 0.0512. The number of ketones is 1. The third kappa shape index (κ3) is 3.64. The summed E-state index contributed by atoms with van der Waals surface area (Å²) >= 11 is 0. The number of hydrogen-bond donors (Lipinski definition) is 1. The van der Waals surface area contributed by atoms with Crippen molar-refractivity contribution in [3.05, 3.63) is 46.3 Å². The van der Waals surface area contributed by atoms with Gasteiger partial charge in [-0.3, -0.25) is 9.59 Å². The van der Waals surface area contributed by atoms with Gasteiger partial charge in [0.25, 0.3) is 0 Å². The summed E-state index contributed by atoms with van der Waals surface area (Å²) in [4.78, 5) is 42.2. The standard InChI is InChI=1S/C22H26N2O5/c1-12-9-10-24(21-15(12)7-6-8-17(21)28-4)18(26)11-16-19(22(27)29-5)13(2)20(23-16)14(3)25/h6-8,12,23H,9-11H2,1-5H3. The average molecular weight is 398 g/mol. The van der Waals surface area contributed by atoms with Gasteiger partial charge in [0.1, 0.15) is 5.75 Å². The zero-order chi connectivity index (χ0) is 21.3. The summed E-state index contributed by atoms with van der Waals surface area (Å²) in [6.07, 6.45) is 0.780. The summed E-state index contributed by atoms with van der Waals surface area (Å²) in [7, 11) is 2.86. The molecule has 1 atom stereocenters. The third-order valence-corrected chi connectivity index (χ3v) is 5.53. The van der Waals surface area contributed by atoms with Crippen molar-refractivity contribution in [1.29, 1.82) is 0 Å². The molecule has 0 aliphatic carbocycles. The molecule has 0 fully saturated rings. The Morgan fingerprint density at radius 2 is 1.97 bits per heavy atom. The molecule has 1 unspecified atom stereocenters. The van der Waals surface area contributed by atoms with Crippen LogP contribution in [0.15, 0.2) is 18.2 Å². The Labute approximate surface area is 170 Å². The second kappa shape index (κ2) is 8.11. The molecule has 2 heterocycles. The summed E-state index contributed by atoms with van der Waals surface area (Å²) < 4.78 is 10.4. The van der Waals surface area contributed by atoms with Crippen LogP contribution in [0.5, 0.6) is 5.75 Å². The molecule has 1 aliphatic heterocycles. The highest BCUT2D eigenvalue weighted by molar-refractivity contribution is 6.03. The molecular weight excluding hydrogens is 372 g/mol. The number of anilines is 1. The summed E-state index contributed by atoms with van der Waals surface area (Å²) in [6, 6.07) is 5.77. The maximum absolute atomic E-state index is 13.3. The molecule has 7 heteroatoms. The van der Waals surface area contributed by atoms with E-state index in [1.165, 1.54) is 14.0 Å². The number of H-pyrrole nitrogens is 1. The number of aromatic amines is 1. The van der Waals surface area contributed by atoms with Gasteiger partial charge in [-0.15, -0.1) is 0 Å². The van der Waals surface area contributed by atoms with Crippen molar-refractivity contribution in [3.8, 4) is 5.75 Å². The van der Waals surface area contributed by atoms with E-state index in [1.807, 2.05) is 18.2 Å². The molecule has 0 bridgehead atoms. The van der Waals surface area contributed by atoms with Crippen molar-refractivity contribution in [1.82, 2.24) is 4.98 Å². The predicted molar refractivity (Wildman–Crippen MR) is 109 cm³/mol. The molecule has 7 nitrogen and oxygen atoms in total. The Balaban J connectivity index is 2.01. The SMILES string of the molecule is COC(=O)c1c(CC(=O)N2CCC(C)c3cccc(OC)c32)[nH]c(C(C)=O)c1C. The Kier molecular flexibility index (Phi) is 5.77. The molecule has 29 heavy (non-hydrogen) atoms. The smallest absolute Gasteiger partial charge is 0.339 e. The highest BCUT2D eigenvalue weighted by Gasteiger charge is 2.31. The van der Waals surface area contributed by atoms with Crippen molar-refractivity contribution >= 4 is 23.3 Å². The van der Waals surface area contributed by atoms with Crippen LogP contribution in [0, 0.1) is 6.92 Å². The van der Waals surface area contributed by atoms with E-state index >= 15 is 0 Å². The first kappa shape index (κ1) is 20.6. The van der Waals surface area contributed by atoms with Crippen LogP contribution < -0.4 is 9.64 Å². The van der Waals surface area contributed by atoms with Gasteiger partial charge in [-0.05, 0) is 36.5 Å². The van der Waals surface area contributed by atoms with Crippen LogP contribution in [0.2, 0.25) is 0 Å². The average Bonchev–Trinajstić information content (AvgIpc) is 3.03. The van der Waals surface area contributed by atoms with Crippen molar-refractivity contribution < 1.29 is 23.9 Å². The summed E-state index contributed by atoms with van der Waals surface area (Å²) in [5.74, 6) is 0.00290. The first-order valence-corrected chi connectivity index (χ1v) is 9.58. The maximum Gasteiger partial charge on any atom is 0.339 e. The third-order valence-electron chi connectivity index (χ3n) is 5.53. The Morgan fingerprint density at radius 3 is 2.59 bits per heavy atom. The molecule has 0 saturated heterocycles. The fourth-order valence-corrected chi connectivity index (χ4v) is 4.00. The lowest BCUT2D eigenvalue weighted by Crippen LogP contribution is -2.38. The lowest BCUT2D eigenvalue weighted by Gasteiger charge is -2.34. The van der Waals surface area contributed by atoms with Crippen molar-refractivity contribution in [2.45, 2.75) is 39.5 Å². The van der Waals surface area contributed by atoms with Gasteiger partial charge in [-0.1, -0.05) is 19.1 Å². The van der Waals surface area contributed by atoms with Crippen molar-refractivity contribution in [2.24, 2.45) is 0 Å². The van der Waals surface area contributed by atoms with E-state index < -0.39 is 5.97 Å². The highest BCUT2D eigenvalue weighted by Crippen LogP contribution is 2.41. The number of benzene rings is 1. The van der Waals surface area contributed by atoms with Gasteiger partial charge in [0, 0.05) is 19.2 Å². The molecule has 1 aromatic carbocycles. The Bertz CT molecular complexity index is 976. The van der Waals surface area contributed by atoms with Crippen LogP contribution in [0.25, 0.3) is 0 Å². The Hall–Kier alpha value is -3.09. The van der Waals surface area contributed by atoms with E-state index in [0.29, 0.717) is 35.2 Å². The number of esters is 1. The number of rotatable bonds is 5. The van der Waals surface area contributed by atoms with Gasteiger partial charge in [-0.25, -0.2) is 4.79 Å². The normalized spacial score (nSPS) is 15.6. The lowest BCUT2D eigenvalue weighted by atomic mass is 9.90. The van der Waals surface area contributed by atoms with Crippen LogP contribution in [0.4, 0.5) is 5.69 Å². The molecule has 1 N–H and O–H groups in total. The minimum Gasteiger partial charge on any atom is -0.495 e. The number of aromatic nitrogens is 1. The number of carbonyl (C=O) groups is 3. The van der Waals surface area contributed by atoms with Gasteiger partial charge >= 0.3 is 5.97 Å². The van der Waals surface area contributed by atoms with Crippen LogP contribution in [0.1, 0.15) is 63.9 Å². The number of ether oxygens (including phenoxy) is 2. The number of carbonyl (C=O) groups excluding carboxylic acids is 3. The second-order valence-corrected chi connectivity index (χ2v) is 7.34. The van der Waals surface area contributed by atoms with E-state index in [-0.39, 0.29) is 23.7 Å². The van der Waals surface area contributed by atoms with E-state index in [1.54, 1.807) is 18.9 Å². The number of nitrogens with zero attached hydrogens (tertiary/aromatic N) is 1. The molecule has 0 spiro atoms. The van der Waals surface area contributed by atoms with E-state index in [9.17, 15) is 14.4 Å². The zero-order valence-electron chi connectivity index (χ0n) is 17.4. The first-order chi connectivity index (χ1) is 13.8. The van der Waals surface area contributed by atoms with E-state index in [0.717, 1.165) is 17.7 Å². The number of fused-ring (bicyclic) bond motifs is 1. The topological polar surface area (TPSA) is 88.7 Å². The van der Waals surface area contributed by atoms with Gasteiger partial charge in [0.2, 0.25) is 5.91 Å². The summed E-state index contributed by atoms with van der Waals surface area (Å²) in [5.41, 5.74) is 3.28. The van der Waals surface area contributed by atoms with Crippen molar-refractivity contribution in [2.75, 3.05) is 25.7 Å². The molecule has 2 aromatic rings. The number of amides is 1. The molecule has 1 aliphatic rings. The van der Waals surface area contributed by atoms with Gasteiger partial charge < -0.3 is 19.4 Å². The van der Waals surface area contributed by atoms with Gasteiger partial charge in [-0.2, -0.15) is 0 Å². The summed E-state index contributed by atoms with van der Waals surface area (Å²) in [5, 5.41) is 0. The number of hydrogen-bond acceptors (Lipinski definition) is 5. The van der Waals surface area contributed by atoms with Gasteiger partial charge in [0.15, 0.2) is 5.78 Å². The lowest BCUT2D eigenvalue weighted by molar-refractivity contribution is -0.118. The van der Waals surface area contributed by atoms with Crippen LogP contribution in [0.3, 0.4) is 0 Å². The van der Waals surface area contributed by atoms with Crippen LogP contribution >= 0.6 is 0 Å². The Morgan fingerprint density at radius 1 is 1.24 bits per heavy atom. The predicted octanol–water partition coefficient (Wildman–Crippen LogP) is 3.40. The highest BCUT2D eigenvalue weighted by atomic mass is 16.5. The molecule has 1 amide bonds. The van der Waals surface area contributed by atoms with E-state index in [4.69, 9.17) is 9.47 Å². The zero-order valence-corrected chi connectivity index (χ0v) is 17.4. The minimum atomic E-state index is -0.570. The van der Waals surface area contributed by atoms with Crippen LogP contribution in [-0.4, -0.2) is 43.4 Å². The number of methoxy groups -OCH3 is 2. The quantitative estimate of drug-likeness (QED) is 0.616. The summed E-state index contributed by atoms with van der Waals surface area (Å²) in [6.45, 7) is 5.77. The van der Waals surface area contributed by atoms with Crippen LogP contribution in [-0.2, 0) is 16.0 Å². The fraction of sp³-hybridized carbons (Fsp3) is 0.409. The van der Waals surface area contributed by atoms with E-state index in [2.05, 4.69) is 11.9 Å². The van der Waals surface area contributed by atoms with Gasteiger partial charge in [0.05, 0.1) is 37.6 Å². The molecule has 1 aromatic heterocycles. The van der Waals surface area contributed by atoms with Crippen molar-refractivity contribution in [3.63, 3.8) is 0 Å². The molecule has 3 rings (SSSR count). The monoisotopic (exact) mass is 398 g/mol. The molecule has 154 valence electrons. The maximum atomic E-state index is 13.3. The second-order valence-electron chi connectivity index (χ2n) is 7.34. The number of Topliss-reactive ketones (excluding diaryl/α,β-unsaturated/α-hetero) is 1. The molecule has 0 radical (unpaired) electrons. The molecular formula is C22H26N2O5. The fourth-order valence-electron chi connectivity index (χ4n) is 4.00. The molecule has 0 saturated carbocycles. The number of nitrogens with one attached hydrogen (secondary N) is 1. The first-order valence-electron chi connectivity index (χ1n) is 9.58.